The van der Waals surface area contributed by atoms with Crippen LogP contribution in [0.2, 0.25) is 0 Å². The van der Waals surface area contributed by atoms with Crippen LogP contribution in [0.25, 0.3) is 0 Å². The Bertz CT molecular complexity index is 505. The lowest BCUT2D eigenvalue weighted by molar-refractivity contribution is -0.186. The van der Waals surface area contributed by atoms with E-state index in [0.717, 1.165) is 38.0 Å². The van der Waals surface area contributed by atoms with Crippen molar-refractivity contribution in [2.45, 2.75) is 96.4 Å². The minimum Gasteiger partial charge on any atom is -0.393 e. The topological polar surface area (TPSA) is 60.7 Å². The molecule has 0 aromatic rings. The number of hydrogen-bond acceptors (Lipinski definition) is 3. The molecule has 138 valence electrons. The summed E-state index contributed by atoms with van der Waals surface area (Å²) in [7, 11) is 0. The van der Waals surface area contributed by atoms with Gasteiger partial charge in [0.1, 0.15) is 0 Å². The van der Waals surface area contributed by atoms with Crippen LogP contribution in [0.3, 0.4) is 0 Å². The monoisotopic (exact) mass is 336 g/mol. The fourth-order valence-electron chi connectivity index (χ4n) is 7.97. The molecule has 3 heteroatoms. The molecule has 4 aliphatic carbocycles. The normalized spacial score (nSPS) is 58.5. The van der Waals surface area contributed by atoms with Crippen LogP contribution < -0.4 is 0 Å². The zero-order chi connectivity index (χ0) is 17.3. The summed E-state index contributed by atoms with van der Waals surface area (Å²) in [5, 5.41) is 31.7. The molecule has 0 aromatic heterocycles. The predicted molar refractivity (Wildman–Crippen MR) is 94.4 cm³/mol. The summed E-state index contributed by atoms with van der Waals surface area (Å²) in [5.41, 5.74) is -0.641. The van der Waals surface area contributed by atoms with Gasteiger partial charge in [0.15, 0.2) is 0 Å². The van der Waals surface area contributed by atoms with Gasteiger partial charge in [0, 0.05) is 5.41 Å². The molecule has 0 spiro atoms. The summed E-state index contributed by atoms with van der Waals surface area (Å²) in [6.07, 6.45) is 8.99. The highest BCUT2D eigenvalue weighted by Gasteiger charge is 2.65. The van der Waals surface area contributed by atoms with Crippen LogP contribution in [0.1, 0.15) is 78.6 Å². The molecule has 4 aliphatic rings. The number of fused-ring (bicyclic) bond motifs is 5. The molecule has 9 atom stereocenters. The van der Waals surface area contributed by atoms with E-state index in [-0.39, 0.29) is 11.5 Å². The van der Waals surface area contributed by atoms with Gasteiger partial charge in [0.05, 0.1) is 17.8 Å². The van der Waals surface area contributed by atoms with Crippen LogP contribution in [-0.4, -0.2) is 33.1 Å². The summed E-state index contributed by atoms with van der Waals surface area (Å²) < 4.78 is 0. The Kier molecular flexibility index (Phi) is 3.92. The smallest absolute Gasteiger partial charge is 0.0958 e. The van der Waals surface area contributed by atoms with Gasteiger partial charge in [0.2, 0.25) is 0 Å². The standard InChI is InChI=1S/C21H36O3/c1-13(22)21(24)11-8-18-16-5-4-14-12-15(23)6-9-19(14,2)17(16)7-10-20(18,21)3/h13-18,22-24H,4-12H2,1-3H3/t13?,14?,15?,16-,17+,18+,19+,20+,21+/m1/s1. The van der Waals surface area contributed by atoms with Crippen LogP contribution >= 0.6 is 0 Å². The fraction of sp³-hybridized carbons (Fsp3) is 1.00. The van der Waals surface area contributed by atoms with Gasteiger partial charge in [-0.1, -0.05) is 13.8 Å². The van der Waals surface area contributed by atoms with E-state index in [2.05, 4.69) is 13.8 Å². The van der Waals surface area contributed by atoms with Crippen LogP contribution in [0.5, 0.6) is 0 Å². The van der Waals surface area contributed by atoms with E-state index in [1.165, 1.54) is 25.7 Å². The summed E-state index contributed by atoms with van der Waals surface area (Å²) in [6, 6.07) is 0. The molecule has 0 bridgehead atoms. The van der Waals surface area contributed by atoms with Crippen LogP contribution in [-0.2, 0) is 0 Å². The maximum atomic E-state index is 11.3. The first kappa shape index (κ1) is 17.3. The van der Waals surface area contributed by atoms with Gasteiger partial charge in [-0.2, -0.15) is 0 Å². The Hall–Kier alpha value is -0.120. The molecule has 3 nitrogen and oxygen atoms in total. The van der Waals surface area contributed by atoms with Crippen molar-refractivity contribution in [2.24, 2.45) is 34.5 Å². The van der Waals surface area contributed by atoms with E-state index in [4.69, 9.17) is 0 Å². The molecule has 0 radical (unpaired) electrons. The zero-order valence-electron chi connectivity index (χ0n) is 15.7. The van der Waals surface area contributed by atoms with E-state index < -0.39 is 11.7 Å². The average Bonchev–Trinajstić information content (AvgIpc) is 2.81. The molecule has 4 saturated carbocycles. The van der Waals surface area contributed by atoms with Crippen LogP contribution in [0, 0.1) is 34.5 Å². The van der Waals surface area contributed by atoms with E-state index in [9.17, 15) is 15.3 Å². The first-order valence-electron chi connectivity index (χ1n) is 10.3. The van der Waals surface area contributed by atoms with Crippen molar-refractivity contribution in [3.05, 3.63) is 0 Å². The second-order valence-electron chi connectivity index (χ2n) is 10.2. The van der Waals surface area contributed by atoms with Gasteiger partial charge in [0.25, 0.3) is 0 Å². The van der Waals surface area contributed by atoms with E-state index in [1.54, 1.807) is 6.92 Å². The van der Waals surface area contributed by atoms with Crippen LogP contribution in [0.15, 0.2) is 0 Å². The van der Waals surface area contributed by atoms with Crippen molar-refractivity contribution < 1.29 is 15.3 Å². The van der Waals surface area contributed by atoms with Gasteiger partial charge in [-0.15, -0.1) is 0 Å². The molecule has 3 N–H and O–H groups in total. The Morgan fingerprint density at radius 2 is 1.62 bits per heavy atom. The first-order chi connectivity index (χ1) is 11.2. The summed E-state index contributed by atoms with van der Waals surface area (Å²) >= 11 is 0. The van der Waals surface area contributed by atoms with Gasteiger partial charge in [-0.3, -0.25) is 0 Å². The third-order valence-corrected chi connectivity index (χ3v) is 9.54. The van der Waals surface area contributed by atoms with Crippen molar-refractivity contribution in [3.8, 4) is 0 Å². The SMILES string of the molecule is CC(O)[C@@]1(O)CC[C@H]2[C@@H]3CCC4CC(O)CC[C@]4(C)[C@H]3CC[C@@]21C. The third kappa shape index (κ3) is 2.07. The molecule has 0 aromatic carbocycles. The highest BCUT2D eigenvalue weighted by atomic mass is 16.3. The Morgan fingerprint density at radius 1 is 0.917 bits per heavy atom. The molecular formula is C21H36O3. The van der Waals surface area contributed by atoms with Crippen molar-refractivity contribution in [1.29, 1.82) is 0 Å². The fourth-order valence-corrected chi connectivity index (χ4v) is 7.97. The molecule has 0 aliphatic heterocycles. The molecule has 0 heterocycles. The maximum Gasteiger partial charge on any atom is 0.0958 e. The van der Waals surface area contributed by atoms with E-state index >= 15 is 0 Å². The number of rotatable bonds is 1. The highest BCUT2D eigenvalue weighted by molar-refractivity contribution is 5.15. The highest BCUT2D eigenvalue weighted by Crippen LogP contribution is 2.68. The average molecular weight is 337 g/mol. The van der Waals surface area contributed by atoms with Crippen molar-refractivity contribution in [3.63, 3.8) is 0 Å². The second-order valence-corrected chi connectivity index (χ2v) is 10.2. The molecule has 4 rings (SSSR count). The van der Waals surface area contributed by atoms with Gasteiger partial charge in [-0.05, 0) is 93.8 Å². The minimum absolute atomic E-state index is 0.0831. The summed E-state index contributed by atoms with van der Waals surface area (Å²) in [6.45, 7) is 6.53. The molecule has 4 fully saturated rings. The molecule has 0 amide bonds. The predicted octanol–water partition coefficient (Wildman–Crippen LogP) is 3.50. The minimum atomic E-state index is -0.900. The number of aliphatic hydroxyl groups is 3. The van der Waals surface area contributed by atoms with E-state index in [1.807, 2.05) is 0 Å². The molecule has 0 saturated heterocycles. The van der Waals surface area contributed by atoms with Crippen LogP contribution in [0.4, 0.5) is 0 Å². The van der Waals surface area contributed by atoms with Crippen molar-refractivity contribution in [1.82, 2.24) is 0 Å². The zero-order valence-corrected chi connectivity index (χ0v) is 15.7. The lowest BCUT2D eigenvalue weighted by Gasteiger charge is -2.61. The van der Waals surface area contributed by atoms with Gasteiger partial charge >= 0.3 is 0 Å². The number of hydrogen-bond donors (Lipinski definition) is 3. The van der Waals surface area contributed by atoms with Crippen molar-refractivity contribution >= 4 is 0 Å². The first-order valence-corrected chi connectivity index (χ1v) is 10.3. The largest absolute Gasteiger partial charge is 0.393 e. The lowest BCUT2D eigenvalue weighted by Crippen LogP contribution is -2.59. The molecule has 3 unspecified atom stereocenters. The van der Waals surface area contributed by atoms with Gasteiger partial charge in [-0.25, -0.2) is 0 Å². The van der Waals surface area contributed by atoms with Crippen molar-refractivity contribution in [2.75, 3.05) is 0 Å². The quantitative estimate of drug-likeness (QED) is 0.687. The second kappa shape index (κ2) is 5.44. The maximum absolute atomic E-state index is 11.3. The Morgan fingerprint density at radius 3 is 2.33 bits per heavy atom. The molecule has 24 heavy (non-hydrogen) atoms. The lowest BCUT2D eigenvalue weighted by atomic mass is 9.44. The Labute approximate surface area is 146 Å². The Balaban J connectivity index is 1.63. The summed E-state index contributed by atoms with van der Waals surface area (Å²) in [5.74, 6) is 2.69. The molecular weight excluding hydrogens is 300 g/mol. The third-order valence-electron chi connectivity index (χ3n) is 9.54. The van der Waals surface area contributed by atoms with Gasteiger partial charge < -0.3 is 15.3 Å². The summed E-state index contributed by atoms with van der Waals surface area (Å²) in [4.78, 5) is 0. The number of aliphatic hydroxyl groups excluding tert-OH is 2. The van der Waals surface area contributed by atoms with E-state index in [0.29, 0.717) is 23.2 Å².